The molecule has 0 saturated heterocycles. The van der Waals surface area contributed by atoms with Crippen molar-refractivity contribution in [2.45, 2.75) is 13.1 Å². The van der Waals surface area contributed by atoms with Gasteiger partial charge in [0.15, 0.2) is 0 Å². The first-order valence-electron chi connectivity index (χ1n) is 8.47. The van der Waals surface area contributed by atoms with Gasteiger partial charge in [-0.3, -0.25) is 13.9 Å². The lowest BCUT2D eigenvalue weighted by atomic mass is 10.1. The predicted molar refractivity (Wildman–Crippen MR) is 108 cm³/mol. The highest BCUT2D eigenvalue weighted by Crippen LogP contribution is 2.16. The molecule has 1 N–H and O–H groups in total. The van der Waals surface area contributed by atoms with Gasteiger partial charge in [-0.1, -0.05) is 73.8 Å². The molecule has 0 atom stereocenters. The van der Waals surface area contributed by atoms with Crippen LogP contribution in [0.3, 0.4) is 0 Å². The Hall–Kier alpha value is -3.60. The minimum absolute atomic E-state index is 0.0414. The second-order valence-electron chi connectivity index (χ2n) is 6.23. The van der Waals surface area contributed by atoms with Gasteiger partial charge in [-0.25, -0.2) is 4.79 Å². The van der Waals surface area contributed by atoms with E-state index in [1.165, 1.54) is 0 Å². The van der Waals surface area contributed by atoms with E-state index in [1.807, 2.05) is 60.7 Å². The summed E-state index contributed by atoms with van der Waals surface area (Å²) in [5.74, 6) is -0.386. The molecular weight excluding hydrogens is 340 g/mol. The number of hydrogen-bond acceptors (Lipinski definition) is 3. The molecule has 0 aliphatic rings. The van der Waals surface area contributed by atoms with Crippen LogP contribution in [0.25, 0.3) is 11.1 Å². The van der Waals surface area contributed by atoms with Crippen LogP contribution in [0, 0.1) is 0 Å². The summed E-state index contributed by atoms with van der Waals surface area (Å²) >= 11 is 0. The topological polar surface area (TPSA) is 64.2 Å². The smallest absolute Gasteiger partial charge is 0.334 e. The normalized spacial score (nSPS) is 10.5. The molecule has 5 heteroatoms. The molecule has 3 aromatic rings. The zero-order chi connectivity index (χ0) is 19.4. The Balaban J connectivity index is 1.94. The third-order valence-corrected chi connectivity index (χ3v) is 4.32. The van der Waals surface area contributed by atoms with E-state index in [0.29, 0.717) is 11.1 Å². The summed E-state index contributed by atoms with van der Waals surface area (Å²) in [6, 6.07) is 19.7. The van der Waals surface area contributed by atoms with Gasteiger partial charge in [0.1, 0.15) is 0 Å². The van der Waals surface area contributed by atoms with Crippen molar-refractivity contribution in [2.24, 2.45) is 0 Å². The van der Waals surface area contributed by atoms with Gasteiger partial charge in [0, 0.05) is 0 Å². The van der Waals surface area contributed by atoms with E-state index in [9.17, 15) is 14.7 Å². The highest BCUT2D eigenvalue weighted by Gasteiger charge is 2.13. The molecule has 0 radical (unpaired) electrons. The molecular formula is C22H20N2O3. The van der Waals surface area contributed by atoms with Crippen molar-refractivity contribution < 1.29 is 5.11 Å². The van der Waals surface area contributed by atoms with Gasteiger partial charge >= 0.3 is 5.69 Å². The number of aromatic hydroxyl groups is 1. The zero-order valence-electron chi connectivity index (χ0n) is 14.8. The van der Waals surface area contributed by atoms with Crippen LogP contribution in [0.5, 0.6) is 5.88 Å². The van der Waals surface area contributed by atoms with Crippen molar-refractivity contribution in [3.63, 3.8) is 0 Å². The number of nitrogens with zero attached hydrogens (tertiary/aromatic N) is 2. The Morgan fingerprint density at radius 1 is 0.778 bits per heavy atom. The Labute approximate surface area is 156 Å². The average molecular weight is 360 g/mol. The fourth-order valence-electron chi connectivity index (χ4n) is 2.81. The standard InChI is InChI=1S/C22H20N2O3/c1-16(18-9-5-3-6-10-18)14-23-20(25)13-21(26)24(22(23)27)15-17(2)19-11-7-4-8-12-19/h3-13,25H,1-2,14-15H2. The molecule has 0 saturated carbocycles. The van der Waals surface area contributed by atoms with Gasteiger partial charge in [0.2, 0.25) is 5.88 Å². The number of benzene rings is 2. The molecule has 0 unspecified atom stereocenters. The lowest BCUT2D eigenvalue weighted by Gasteiger charge is -2.14. The third-order valence-electron chi connectivity index (χ3n) is 4.32. The van der Waals surface area contributed by atoms with Crippen LogP contribution >= 0.6 is 0 Å². The Morgan fingerprint density at radius 2 is 1.22 bits per heavy atom. The second-order valence-corrected chi connectivity index (χ2v) is 6.23. The number of hydrogen-bond donors (Lipinski definition) is 1. The van der Waals surface area contributed by atoms with Gasteiger partial charge in [-0.05, 0) is 22.3 Å². The summed E-state index contributed by atoms with van der Waals surface area (Å²) in [6.07, 6.45) is 0. The molecule has 0 bridgehead atoms. The van der Waals surface area contributed by atoms with Gasteiger partial charge in [-0.2, -0.15) is 0 Å². The van der Waals surface area contributed by atoms with Crippen molar-refractivity contribution in [1.29, 1.82) is 0 Å². The minimum Gasteiger partial charge on any atom is -0.494 e. The third kappa shape index (κ3) is 3.98. The molecule has 0 aliphatic carbocycles. The molecule has 2 aromatic carbocycles. The van der Waals surface area contributed by atoms with Gasteiger partial charge in [0.05, 0.1) is 19.2 Å². The number of aromatic nitrogens is 2. The average Bonchev–Trinajstić information content (AvgIpc) is 2.69. The first-order chi connectivity index (χ1) is 13.0. The maximum absolute atomic E-state index is 12.8. The van der Waals surface area contributed by atoms with Crippen molar-refractivity contribution in [3.8, 4) is 5.88 Å². The molecule has 27 heavy (non-hydrogen) atoms. The van der Waals surface area contributed by atoms with E-state index in [4.69, 9.17) is 0 Å². The number of allylic oxidation sites excluding steroid dienone is 2. The molecule has 1 heterocycles. The highest BCUT2D eigenvalue weighted by molar-refractivity contribution is 5.64. The van der Waals surface area contributed by atoms with Crippen molar-refractivity contribution >= 4 is 11.1 Å². The van der Waals surface area contributed by atoms with Crippen molar-refractivity contribution in [1.82, 2.24) is 9.13 Å². The first-order valence-corrected chi connectivity index (χ1v) is 8.47. The molecule has 0 spiro atoms. The van der Waals surface area contributed by atoms with E-state index in [-0.39, 0.29) is 19.0 Å². The Morgan fingerprint density at radius 3 is 1.70 bits per heavy atom. The van der Waals surface area contributed by atoms with E-state index in [0.717, 1.165) is 26.3 Å². The van der Waals surface area contributed by atoms with Gasteiger partial charge < -0.3 is 5.11 Å². The molecule has 3 rings (SSSR count). The summed E-state index contributed by atoms with van der Waals surface area (Å²) in [7, 11) is 0. The van der Waals surface area contributed by atoms with Crippen LogP contribution in [0.1, 0.15) is 11.1 Å². The van der Waals surface area contributed by atoms with Gasteiger partial charge in [0.25, 0.3) is 5.56 Å². The van der Waals surface area contributed by atoms with E-state index < -0.39 is 11.2 Å². The SMILES string of the molecule is C=C(Cn1c(O)cc(=O)n(CC(=C)c2ccccc2)c1=O)c1ccccc1. The molecule has 136 valence electrons. The van der Waals surface area contributed by atoms with Crippen LogP contribution < -0.4 is 11.2 Å². The first kappa shape index (κ1) is 18.2. The van der Waals surface area contributed by atoms with Crippen LogP contribution in [-0.2, 0) is 13.1 Å². The fraction of sp³-hybridized carbons (Fsp3) is 0.0909. The lowest BCUT2D eigenvalue weighted by Crippen LogP contribution is -2.39. The molecule has 5 nitrogen and oxygen atoms in total. The fourth-order valence-corrected chi connectivity index (χ4v) is 2.81. The quantitative estimate of drug-likeness (QED) is 0.734. The maximum atomic E-state index is 12.8. The van der Waals surface area contributed by atoms with Crippen LogP contribution in [0.4, 0.5) is 0 Å². The van der Waals surface area contributed by atoms with Crippen LogP contribution in [0.15, 0.2) is 89.5 Å². The zero-order valence-corrected chi connectivity index (χ0v) is 14.8. The summed E-state index contributed by atoms with van der Waals surface area (Å²) in [5.41, 5.74) is 1.81. The summed E-state index contributed by atoms with van der Waals surface area (Å²) in [6.45, 7) is 8.08. The van der Waals surface area contributed by atoms with Crippen LogP contribution in [-0.4, -0.2) is 14.2 Å². The molecule has 1 aromatic heterocycles. The van der Waals surface area contributed by atoms with E-state index in [2.05, 4.69) is 13.2 Å². The number of rotatable bonds is 6. The molecule has 0 amide bonds. The van der Waals surface area contributed by atoms with Gasteiger partial charge in [-0.15, -0.1) is 0 Å². The van der Waals surface area contributed by atoms with Crippen molar-refractivity contribution in [2.75, 3.05) is 0 Å². The Kier molecular flexibility index (Phi) is 5.22. The maximum Gasteiger partial charge on any atom is 0.334 e. The lowest BCUT2D eigenvalue weighted by molar-refractivity contribution is 0.404. The second kappa shape index (κ2) is 7.74. The monoisotopic (exact) mass is 360 g/mol. The van der Waals surface area contributed by atoms with Crippen LogP contribution in [0.2, 0.25) is 0 Å². The van der Waals surface area contributed by atoms with E-state index in [1.54, 1.807) is 0 Å². The Bertz CT molecular complexity index is 1090. The predicted octanol–water partition coefficient (Wildman–Crippen LogP) is 3.14. The highest BCUT2D eigenvalue weighted by atomic mass is 16.3. The van der Waals surface area contributed by atoms with E-state index >= 15 is 0 Å². The summed E-state index contributed by atoms with van der Waals surface area (Å²) in [5, 5.41) is 10.1. The molecule has 0 aliphatic heterocycles. The largest absolute Gasteiger partial charge is 0.494 e. The summed E-state index contributed by atoms with van der Waals surface area (Å²) in [4.78, 5) is 25.1. The summed E-state index contributed by atoms with van der Waals surface area (Å²) < 4.78 is 2.20. The van der Waals surface area contributed by atoms with Crippen molar-refractivity contribution in [3.05, 3.63) is 112 Å². The minimum atomic E-state index is -0.603. The molecule has 0 fully saturated rings.